The lowest BCUT2D eigenvalue weighted by atomic mass is 9.83. The van der Waals surface area contributed by atoms with Gasteiger partial charge in [0.15, 0.2) is 11.5 Å². The van der Waals surface area contributed by atoms with E-state index in [0.29, 0.717) is 49.8 Å². The van der Waals surface area contributed by atoms with Gasteiger partial charge in [0.25, 0.3) is 5.91 Å². The Labute approximate surface area is 235 Å². The van der Waals surface area contributed by atoms with Crippen molar-refractivity contribution in [2.24, 2.45) is 5.92 Å². The largest absolute Gasteiger partial charge is 0.496 e. The van der Waals surface area contributed by atoms with Gasteiger partial charge in [0.2, 0.25) is 12.5 Å². The average molecular weight is 557 g/mol. The molecule has 0 aliphatic carbocycles. The maximum Gasteiger partial charge on any atom is 0.308 e. The zero-order chi connectivity index (χ0) is 28.6. The van der Waals surface area contributed by atoms with Crippen LogP contribution in [0.4, 0.5) is 0 Å². The molecule has 0 spiro atoms. The van der Waals surface area contributed by atoms with Crippen LogP contribution in [-0.4, -0.2) is 80.2 Å². The molecule has 2 aromatic carbocycles. The lowest BCUT2D eigenvalue weighted by molar-refractivity contribution is -0.188. The van der Waals surface area contributed by atoms with E-state index in [1.165, 1.54) is 5.06 Å². The highest BCUT2D eigenvalue weighted by atomic mass is 16.7. The first-order valence-electron chi connectivity index (χ1n) is 13.9. The van der Waals surface area contributed by atoms with Crippen LogP contribution in [0.5, 0.6) is 23.0 Å². The molecule has 0 radical (unpaired) electrons. The molecule has 2 aliphatic heterocycles. The van der Waals surface area contributed by atoms with Gasteiger partial charge in [-0.3, -0.25) is 19.3 Å². The second kappa shape index (κ2) is 13.7. The van der Waals surface area contributed by atoms with Crippen molar-refractivity contribution in [2.45, 2.75) is 51.5 Å². The van der Waals surface area contributed by atoms with E-state index in [4.69, 9.17) is 23.8 Å². The number of nitrogens with zero attached hydrogens (tertiary/aromatic N) is 2. The minimum Gasteiger partial charge on any atom is -0.496 e. The number of methoxy groups -OCH3 is 2. The number of carboxylic acids is 1. The molecule has 1 N–H and O–H groups in total. The number of aryl methyl sites for hydroxylation is 1. The Balaban J connectivity index is 1.66. The lowest BCUT2D eigenvalue weighted by Crippen LogP contribution is -2.44. The van der Waals surface area contributed by atoms with Crippen LogP contribution in [0.15, 0.2) is 36.4 Å². The molecule has 2 aliphatic rings. The molecule has 218 valence electrons. The number of hydroxylamine groups is 2. The summed E-state index contributed by atoms with van der Waals surface area (Å²) in [5.74, 6) is 0.0570. The Kier molecular flexibility index (Phi) is 10.1. The molecule has 0 saturated carbocycles. The van der Waals surface area contributed by atoms with Crippen molar-refractivity contribution in [3.8, 4) is 23.0 Å². The first-order valence-corrected chi connectivity index (χ1v) is 13.9. The molecule has 1 saturated heterocycles. The summed E-state index contributed by atoms with van der Waals surface area (Å²) in [4.78, 5) is 34.0. The fraction of sp³-hybridized carbons (Fsp3) is 0.533. The summed E-state index contributed by atoms with van der Waals surface area (Å²) >= 11 is 0. The number of carboxylic acid groups (broad SMARTS) is 1. The Morgan fingerprint density at radius 1 is 1.07 bits per heavy atom. The third-order valence-electron chi connectivity index (χ3n) is 7.54. The van der Waals surface area contributed by atoms with Gasteiger partial charge in [0.1, 0.15) is 5.75 Å². The lowest BCUT2D eigenvalue weighted by Gasteiger charge is -2.29. The molecule has 1 fully saturated rings. The van der Waals surface area contributed by atoms with Gasteiger partial charge >= 0.3 is 5.97 Å². The fourth-order valence-electron chi connectivity index (χ4n) is 5.69. The van der Waals surface area contributed by atoms with Gasteiger partial charge in [-0.25, -0.2) is 5.06 Å². The van der Waals surface area contributed by atoms with Crippen LogP contribution in [0.3, 0.4) is 0 Å². The number of hydrogen-bond donors (Lipinski definition) is 1. The number of rotatable bonds is 14. The van der Waals surface area contributed by atoms with Crippen LogP contribution >= 0.6 is 0 Å². The third-order valence-corrected chi connectivity index (χ3v) is 7.54. The number of likely N-dealkylation sites (tertiary alicyclic amines) is 1. The number of ether oxygens (including phenoxy) is 4. The number of hydrogen-bond acceptors (Lipinski definition) is 8. The monoisotopic (exact) mass is 556 g/mol. The molecular weight excluding hydrogens is 516 g/mol. The summed E-state index contributed by atoms with van der Waals surface area (Å²) in [5, 5.41) is 12.0. The number of para-hydroxylation sites is 1. The summed E-state index contributed by atoms with van der Waals surface area (Å²) < 4.78 is 22.3. The van der Waals surface area contributed by atoms with Gasteiger partial charge in [0, 0.05) is 25.0 Å². The molecule has 40 heavy (non-hydrogen) atoms. The third kappa shape index (κ3) is 6.45. The van der Waals surface area contributed by atoms with Crippen molar-refractivity contribution in [3.63, 3.8) is 0 Å². The maximum atomic E-state index is 13.4. The van der Waals surface area contributed by atoms with Gasteiger partial charge in [0.05, 0.1) is 33.3 Å². The van der Waals surface area contributed by atoms with Crippen LogP contribution in [0.2, 0.25) is 0 Å². The molecule has 10 nitrogen and oxygen atoms in total. The molecular formula is C30H40N2O8. The first kappa shape index (κ1) is 29.5. The van der Waals surface area contributed by atoms with E-state index in [1.54, 1.807) is 14.2 Å². The highest BCUT2D eigenvalue weighted by Crippen LogP contribution is 2.47. The quantitative estimate of drug-likeness (QED) is 0.344. The Bertz CT molecular complexity index is 1170. The normalized spacial score (nSPS) is 19.9. The van der Waals surface area contributed by atoms with E-state index in [1.807, 2.05) is 55.1 Å². The van der Waals surface area contributed by atoms with Crippen molar-refractivity contribution >= 4 is 11.9 Å². The topological polar surface area (TPSA) is 107 Å². The molecule has 0 aromatic heterocycles. The van der Waals surface area contributed by atoms with Crippen molar-refractivity contribution in [1.29, 1.82) is 0 Å². The van der Waals surface area contributed by atoms with E-state index >= 15 is 0 Å². The minimum atomic E-state index is -0.908. The first-order chi connectivity index (χ1) is 19.4. The minimum absolute atomic E-state index is 0.0578. The second-order valence-electron chi connectivity index (χ2n) is 10.1. The molecule has 3 unspecified atom stereocenters. The van der Waals surface area contributed by atoms with Gasteiger partial charge in [-0.15, -0.1) is 0 Å². The number of aliphatic carboxylic acids is 1. The van der Waals surface area contributed by atoms with Crippen molar-refractivity contribution in [2.75, 3.05) is 47.3 Å². The Morgan fingerprint density at radius 3 is 2.55 bits per heavy atom. The van der Waals surface area contributed by atoms with Crippen molar-refractivity contribution in [1.82, 2.24) is 9.96 Å². The van der Waals surface area contributed by atoms with Crippen LogP contribution < -0.4 is 18.9 Å². The van der Waals surface area contributed by atoms with E-state index in [-0.39, 0.29) is 19.2 Å². The van der Waals surface area contributed by atoms with E-state index in [0.717, 1.165) is 29.7 Å². The zero-order valence-corrected chi connectivity index (χ0v) is 23.8. The summed E-state index contributed by atoms with van der Waals surface area (Å²) in [6.07, 6.45) is 2.68. The SMILES string of the molecule is CCCON(CCC)C(=O)CN1CC(c2cc(OC)c3c(c2)OCO3)C(C(=O)O)C1CCc1ccccc1OC. The highest BCUT2D eigenvalue weighted by molar-refractivity contribution is 5.78. The summed E-state index contributed by atoms with van der Waals surface area (Å²) in [6.45, 7) is 5.42. The standard InChI is InChI=1S/C30H40N2O8/c1-5-13-32(40-14-6-2)27(33)18-31-17-22(21-15-25(37-4)29-26(16-21)38-19-39-29)28(30(34)35)23(31)12-11-20-9-7-8-10-24(20)36-3/h7-10,15-16,22-23,28H,5-6,11-14,17-19H2,1-4H3,(H,34,35). The summed E-state index contributed by atoms with van der Waals surface area (Å²) in [5.41, 5.74) is 1.77. The van der Waals surface area contributed by atoms with Crippen LogP contribution in [0.25, 0.3) is 0 Å². The molecule has 1 amide bonds. The molecule has 10 heteroatoms. The van der Waals surface area contributed by atoms with Gasteiger partial charge in [-0.05, 0) is 55.0 Å². The molecule has 0 bridgehead atoms. The van der Waals surface area contributed by atoms with Crippen LogP contribution in [0.1, 0.15) is 50.2 Å². The van der Waals surface area contributed by atoms with Gasteiger partial charge in [-0.2, -0.15) is 0 Å². The number of fused-ring (bicyclic) bond motifs is 1. The zero-order valence-electron chi connectivity index (χ0n) is 23.8. The predicted molar refractivity (Wildman–Crippen MR) is 148 cm³/mol. The van der Waals surface area contributed by atoms with Crippen LogP contribution in [-0.2, 0) is 20.8 Å². The smallest absolute Gasteiger partial charge is 0.308 e. The number of benzene rings is 2. The molecule has 4 rings (SSSR count). The Morgan fingerprint density at radius 2 is 1.85 bits per heavy atom. The highest BCUT2D eigenvalue weighted by Gasteiger charge is 2.47. The van der Waals surface area contributed by atoms with E-state index in [9.17, 15) is 14.7 Å². The summed E-state index contributed by atoms with van der Waals surface area (Å²) in [7, 11) is 3.17. The van der Waals surface area contributed by atoms with Gasteiger partial charge < -0.3 is 24.1 Å². The number of carbonyl (C=O) groups is 2. The fourth-order valence-corrected chi connectivity index (χ4v) is 5.69. The van der Waals surface area contributed by atoms with Crippen molar-refractivity contribution in [3.05, 3.63) is 47.5 Å². The second-order valence-corrected chi connectivity index (χ2v) is 10.1. The predicted octanol–water partition coefficient (Wildman–Crippen LogP) is 4.11. The molecule has 2 aromatic rings. The molecule has 3 atom stereocenters. The van der Waals surface area contributed by atoms with Crippen LogP contribution in [0, 0.1) is 5.92 Å². The number of carbonyl (C=O) groups excluding carboxylic acids is 1. The maximum absolute atomic E-state index is 13.4. The van der Waals surface area contributed by atoms with Gasteiger partial charge in [-0.1, -0.05) is 32.0 Å². The summed E-state index contributed by atoms with van der Waals surface area (Å²) in [6, 6.07) is 11.0. The Hall–Kier alpha value is -3.50. The van der Waals surface area contributed by atoms with E-state index < -0.39 is 23.8 Å². The van der Waals surface area contributed by atoms with Crippen molar-refractivity contribution < 1.29 is 38.5 Å². The molecule has 2 heterocycles. The average Bonchev–Trinajstić information content (AvgIpc) is 3.58. The van der Waals surface area contributed by atoms with E-state index in [2.05, 4.69) is 0 Å². The number of amides is 1.